The highest BCUT2D eigenvalue weighted by molar-refractivity contribution is 5.94. The first kappa shape index (κ1) is 22.3. The van der Waals surface area contributed by atoms with Crippen molar-refractivity contribution in [2.24, 2.45) is 0 Å². The van der Waals surface area contributed by atoms with E-state index in [2.05, 4.69) is 21.2 Å². The number of piperazine rings is 1. The minimum absolute atomic E-state index is 0.0372. The van der Waals surface area contributed by atoms with Gasteiger partial charge in [0.25, 0.3) is 5.91 Å². The number of rotatable bonds is 5. The summed E-state index contributed by atoms with van der Waals surface area (Å²) in [5.41, 5.74) is 4.67. The van der Waals surface area contributed by atoms with Crippen molar-refractivity contribution in [3.63, 3.8) is 0 Å². The molecule has 3 heterocycles. The van der Waals surface area contributed by atoms with Crippen LogP contribution >= 0.6 is 0 Å². The van der Waals surface area contributed by atoms with Gasteiger partial charge in [-0.25, -0.2) is 0 Å². The van der Waals surface area contributed by atoms with Crippen molar-refractivity contribution in [1.29, 1.82) is 0 Å². The smallest absolute Gasteiger partial charge is 0.253 e. The first-order valence-electron chi connectivity index (χ1n) is 12.0. The molecule has 4 aromatic rings. The predicted molar refractivity (Wildman–Crippen MR) is 134 cm³/mol. The Kier molecular flexibility index (Phi) is 5.87. The maximum atomic E-state index is 13.1. The van der Waals surface area contributed by atoms with E-state index in [9.17, 15) is 4.79 Å². The number of benzene rings is 3. The Morgan fingerprint density at radius 2 is 1.44 bits per heavy atom. The van der Waals surface area contributed by atoms with Gasteiger partial charge >= 0.3 is 0 Å². The lowest BCUT2D eigenvalue weighted by atomic mass is 10.1. The van der Waals surface area contributed by atoms with Gasteiger partial charge in [-0.15, -0.1) is 10.2 Å². The van der Waals surface area contributed by atoms with E-state index in [-0.39, 0.29) is 12.7 Å². The summed E-state index contributed by atoms with van der Waals surface area (Å²) in [7, 11) is 0. The summed E-state index contributed by atoms with van der Waals surface area (Å²) in [6.45, 7) is 6.16. The second-order valence-electron chi connectivity index (χ2n) is 9.11. The first-order valence-corrected chi connectivity index (χ1v) is 12.0. The van der Waals surface area contributed by atoms with Crippen molar-refractivity contribution in [3.05, 3.63) is 83.4 Å². The quantitative estimate of drug-likeness (QED) is 0.417. The number of nitrogens with zero attached hydrogens (tertiary/aromatic N) is 4. The van der Waals surface area contributed by atoms with Gasteiger partial charge in [-0.2, -0.15) is 0 Å². The zero-order valence-corrected chi connectivity index (χ0v) is 20.0. The largest absolute Gasteiger partial charge is 0.454 e. The second kappa shape index (κ2) is 9.47. The molecule has 1 amide bonds. The van der Waals surface area contributed by atoms with Crippen LogP contribution < -0.4 is 9.47 Å². The van der Waals surface area contributed by atoms with E-state index >= 15 is 0 Å². The average Bonchev–Trinajstić information content (AvgIpc) is 3.59. The molecule has 0 saturated carbocycles. The molecule has 8 heteroatoms. The molecule has 8 nitrogen and oxygen atoms in total. The Labute approximate surface area is 209 Å². The number of carbonyl (C=O) groups is 1. The van der Waals surface area contributed by atoms with Crippen LogP contribution in [0, 0.1) is 6.92 Å². The molecule has 0 unspecified atom stereocenters. The van der Waals surface area contributed by atoms with Crippen LogP contribution in [-0.2, 0) is 6.54 Å². The molecule has 0 atom stereocenters. The summed E-state index contributed by atoms with van der Waals surface area (Å²) in [6, 6.07) is 21.4. The molecule has 2 aliphatic rings. The van der Waals surface area contributed by atoms with Gasteiger partial charge in [-0.1, -0.05) is 23.8 Å². The number of amides is 1. The molecule has 0 N–H and O–H groups in total. The lowest BCUT2D eigenvalue weighted by Gasteiger charge is -2.34. The number of ether oxygens (including phenoxy) is 2. The van der Waals surface area contributed by atoms with Crippen LogP contribution in [0.3, 0.4) is 0 Å². The summed E-state index contributed by atoms with van der Waals surface area (Å²) >= 11 is 0. The van der Waals surface area contributed by atoms with Crippen LogP contribution in [-0.4, -0.2) is 58.9 Å². The van der Waals surface area contributed by atoms with Crippen molar-refractivity contribution in [3.8, 4) is 34.4 Å². The normalized spacial score (nSPS) is 15.3. The van der Waals surface area contributed by atoms with Gasteiger partial charge in [0.05, 0.1) is 0 Å². The fourth-order valence-corrected chi connectivity index (χ4v) is 4.50. The molecule has 6 rings (SSSR count). The number of hydrogen-bond donors (Lipinski definition) is 0. The molecule has 0 radical (unpaired) electrons. The molecule has 1 aromatic heterocycles. The molecule has 1 fully saturated rings. The maximum Gasteiger partial charge on any atom is 0.253 e. The van der Waals surface area contributed by atoms with Crippen molar-refractivity contribution in [1.82, 2.24) is 20.0 Å². The molecule has 0 spiro atoms. The van der Waals surface area contributed by atoms with Gasteiger partial charge in [0, 0.05) is 49.4 Å². The van der Waals surface area contributed by atoms with Crippen molar-refractivity contribution in [2.45, 2.75) is 13.5 Å². The lowest BCUT2D eigenvalue weighted by Crippen LogP contribution is -2.48. The molecule has 182 valence electrons. The summed E-state index contributed by atoms with van der Waals surface area (Å²) in [4.78, 5) is 17.3. The van der Waals surface area contributed by atoms with Crippen LogP contribution in [0.1, 0.15) is 21.5 Å². The highest BCUT2D eigenvalue weighted by Gasteiger charge is 2.23. The van der Waals surface area contributed by atoms with E-state index in [1.165, 1.54) is 11.1 Å². The first-order chi connectivity index (χ1) is 17.6. The summed E-state index contributed by atoms with van der Waals surface area (Å²) in [6.07, 6.45) is 0. The van der Waals surface area contributed by atoms with Gasteiger partial charge in [-0.3, -0.25) is 9.69 Å². The summed E-state index contributed by atoms with van der Waals surface area (Å²) in [5.74, 6) is 2.54. The van der Waals surface area contributed by atoms with Crippen LogP contribution in [0.15, 0.2) is 71.1 Å². The average molecular weight is 483 g/mol. The minimum Gasteiger partial charge on any atom is -0.454 e. The van der Waals surface area contributed by atoms with Crippen molar-refractivity contribution >= 4 is 5.91 Å². The third kappa shape index (κ3) is 4.55. The molecule has 0 aliphatic carbocycles. The van der Waals surface area contributed by atoms with Gasteiger partial charge in [0.15, 0.2) is 11.5 Å². The molecular weight excluding hydrogens is 456 g/mol. The Bertz CT molecular complexity index is 1370. The van der Waals surface area contributed by atoms with Crippen LogP contribution in [0.4, 0.5) is 0 Å². The molecular formula is C28H26N4O4. The van der Waals surface area contributed by atoms with Gasteiger partial charge in [0.2, 0.25) is 18.6 Å². The van der Waals surface area contributed by atoms with Gasteiger partial charge in [0.1, 0.15) is 0 Å². The van der Waals surface area contributed by atoms with E-state index in [1.807, 2.05) is 72.5 Å². The standard InChI is InChI=1S/C28H26N4O4/c1-19-2-5-21(6-3-19)26-29-30-27(36-26)22-7-9-23(10-8-22)28(33)32-14-12-31(13-15-32)17-20-4-11-24-25(16-20)35-18-34-24/h2-11,16H,12-15,17-18H2,1H3. The zero-order chi connectivity index (χ0) is 24.5. The predicted octanol–water partition coefficient (Wildman–Crippen LogP) is 4.40. The Morgan fingerprint density at radius 3 is 2.14 bits per heavy atom. The van der Waals surface area contributed by atoms with E-state index in [0.29, 0.717) is 30.4 Å². The number of carbonyl (C=O) groups excluding carboxylic acids is 1. The lowest BCUT2D eigenvalue weighted by molar-refractivity contribution is 0.0628. The molecule has 2 aliphatic heterocycles. The van der Waals surface area contributed by atoms with Crippen molar-refractivity contribution in [2.75, 3.05) is 33.0 Å². The SMILES string of the molecule is Cc1ccc(-c2nnc(-c3ccc(C(=O)N4CCN(Cc5ccc6c(c5)OCO6)CC4)cc3)o2)cc1. The van der Waals surface area contributed by atoms with Gasteiger partial charge < -0.3 is 18.8 Å². The number of aryl methyl sites for hydroxylation is 1. The van der Waals surface area contributed by atoms with E-state index < -0.39 is 0 Å². The van der Waals surface area contributed by atoms with E-state index in [4.69, 9.17) is 13.9 Å². The highest BCUT2D eigenvalue weighted by Crippen LogP contribution is 2.33. The molecule has 1 saturated heterocycles. The van der Waals surface area contributed by atoms with Crippen molar-refractivity contribution < 1.29 is 18.7 Å². The van der Waals surface area contributed by atoms with E-state index in [1.54, 1.807) is 0 Å². The topological polar surface area (TPSA) is 80.9 Å². The number of aromatic nitrogens is 2. The third-order valence-electron chi connectivity index (χ3n) is 6.60. The monoisotopic (exact) mass is 482 g/mol. The van der Waals surface area contributed by atoms with Crippen LogP contribution in [0.25, 0.3) is 22.9 Å². The summed E-state index contributed by atoms with van der Waals surface area (Å²) in [5, 5.41) is 8.35. The molecule has 3 aromatic carbocycles. The van der Waals surface area contributed by atoms with Gasteiger partial charge in [-0.05, 0) is 61.0 Å². The van der Waals surface area contributed by atoms with Crippen LogP contribution in [0.5, 0.6) is 11.5 Å². The number of hydrogen-bond acceptors (Lipinski definition) is 7. The Morgan fingerprint density at radius 1 is 0.806 bits per heavy atom. The number of fused-ring (bicyclic) bond motifs is 1. The summed E-state index contributed by atoms with van der Waals surface area (Å²) < 4.78 is 16.7. The Hall–Kier alpha value is -4.17. The highest BCUT2D eigenvalue weighted by atomic mass is 16.7. The Balaban J connectivity index is 1.06. The maximum absolute atomic E-state index is 13.1. The molecule has 0 bridgehead atoms. The third-order valence-corrected chi connectivity index (χ3v) is 6.60. The minimum atomic E-state index is 0.0372. The molecule has 36 heavy (non-hydrogen) atoms. The fourth-order valence-electron chi connectivity index (χ4n) is 4.50. The zero-order valence-electron chi connectivity index (χ0n) is 20.0. The van der Waals surface area contributed by atoms with Crippen LogP contribution in [0.2, 0.25) is 0 Å². The fraction of sp³-hybridized carbons (Fsp3) is 0.250. The van der Waals surface area contributed by atoms with E-state index in [0.717, 1.165) is 42.3 Å². The second-order valence-corrected chi connectivity index (χ2v) is 9.11.